The predicted octanol–water partition coefficient (Wildman–Crippen LogP) is 1.88. The van der Waals surface area contributed by atoms with Gasteiger partial charge in [-0.25, -0.2) is 4.39 Å². The summed E-state index contributed by atoms with van der Waals surface area (Å²) in [5.41, 5.74) is -0.663. The van der Waals surface area contributed by atoms with Crippen LogP contribution in [0.2, 0.25) is 0 Å². The van der Waals surface area contributed by atoms with Crippen LogP contribution < -0.4 is 10.2 Å². The lowest BCUT2D eigenvalue weighted by atomic mass is 10.1. The summed E-state index contributed by atoms with van der Waals surface area (Å²) in [6, 6.07) is 2.82. The quantitative estimate of drug-likeness (QED) is 0.647. The van der Waals surface area contributed by atoms with Gasteiger partial charge < -0.3 is 5.32 Å². The molecular formula is C12H14FN3O. The number of carbonyl (C=O) groups excluding carboxylic acids is 1. The van der Waals surface area contributed by atoms with E-state index in [1.807, 2.05) is 0 Å². The Morgan fingerprint density at radius 2 is 2.53 bits per heavy atom. The van der Waals surface area contributed by atoms with Crippen LogP contribution in [0.4, 0.5) is 10.1 Å². The Hall–Kier alpha value is -2.09. The number of carbonyl (C=O) groups is 1. The van der Waals surface area contributed by atoms with Gasteiger partial charge in [-0.3, -0.25) is 9.69 Å². The zero-order valence-corrected chi connectivity index (χ0v) is 8.99. The fourth-order valence-corrected chi connectivity index (χ4v) is 1.17. The average molecular weight is 241 g/mol. The summed E-state index contributed by atoms with van der Waals surface area (Å²) in [7, 11) is 1.30. The standard InChI is InChI=1S/C12H14FN3O/c1-3-6-16(8-14)9-4-5-10(11(13)7-9)12(17)15-2/h4-5,7H,3,6H2,1-2H3,(H,15,17)/i1D2,3D2,6D2. The summed E-state index contributed by atoms with van der Waals surface area (Å²) in [5.74, 6) is -1.74. The van der Waals surface area contributed by atoms with E-state index in [4.69, 9.17) is 13.5 Å². The van der Waals surface area contributed by atoms with E-state index in [0.717, 1.165) is 12.1 Å². The smallest absolute Gasteiger partial charge is 0.253 e. The van der Waals surface area contributed by atoms with Crippen LogP contribution in [0.1, 0.15) is 31.8 Å². The minimum absolute atomic E-state index is 0.236. The molecule has 0 saturated heterocycles. The third-order valence-electron chi connectivity index (χ3n) is 1.96. The molecule has 0 unspecified atom stereocenters. The summed E-state index contributed by atoms with van der Waals surface area (Å²) in [6.07, 6.45) is -1.64. The topological polar surface area (TPSA) is 56.1 Å². The molecule has 4 nitrogen and oxygen atoms in total. The molecule has 90 valence electrons. The van der Waals surface area contributed by atoms with E-state index in [1.165, 1.54) is 13.2 Å². The van der Waals surface area contributed by atoms with Crippen molar-refractivity contribution < 1.29 is 17.4 Å². The first-order valence-electron chi connectivity index (χ1n) is 7.72. The molecule has 17 heavy (non-hydrogen) atoms. The Balaban J connectivity index is 3.35. The maximum Gasteiger partial charge on any atom is 0.253 e. The van der Waals surface area contributed by atoms with E-state index in [9.17, 15) is 9.18 Å². The van der Waals surface area contributed by atoms with Gasteiger partial charge in [-0.15, -0.1) is 0 Å². The predicted molar refractivity (Wildman–Crippen MR) is 63.0 cm³/mol. The Morgan fingerprint density at radius 1 is 1.76 bits per heavy atom. The van der Waals surface area contributed by atoms with Gasteiger partial charge in [0.05, 0.1) is 14.0 Å². The van der Waals surface area contributed by atoms with Crippen LogP contribution >= 0.6 is 0 Å². The number of nitrogens with one attached hydrogen (secondary N) is 1. The van der Waals surface area contributed by atoms with Crippen molar-refractivity contribution in [3.8, 4) is 6.19 Å². The van der Waals surface area contributed by atoms with Gasteiger partial charge in [0.2, 0.25) is 0 Å². The molecule has 0 heterocycles. The number of rotatable bonds is 4. The Bertz CT molecular complexity index is 646. The molecule has 0 aliphatic heterocycles. The third kappa shape index (κ3) is 2.94. The van der Waals surface area contributed by atoms with E-state index >= 15 is 0 Å². The van der Waals surface area contributed by atoms with E-state index < -0.39 is 31.5 Å². The molecular weight excluding hydrogens is 221 g/mol. The van der Waals surface area contributed by atoms with Crippen molar-refractivity contribution in [1.29, 1.82) is 5.26 Å². The van der Waals surface area contributed by atoms with Crippen LogP contribution in [0.15, 0.2) is 18.2 Å². The molecule has 0 aromatic heterocycles. The molecule has 1 aromatic carbocycles. The highest BCUT2D eigenvalue weighted by atomic mass is 19.1. The molecule has 0 fully saturated rings. The third-order valence-corrected chi connectivity index (χ3v) is 1.96. The van der Waals surface area contributed by atoms with Gasteiger partial charge in [0, 0.05) is 19.0 Å². The SMILES string of the molecule is [2H]C([2H])C([2H])([2H])C([2H])([2H])N(C#N)c1ccc(C(=O)NC)c(F)c1. The maximum atomic E-state index is 13.9. The van der Waals surface area contributed by atoms with E-state index in [0.29, 0.717) is 6.07 Å². The van der Waals surface area contributed by atoms with Crippen LogP contribution in [0, 0.1) is 17.3 Å². The monoisotopic (exact) mass is 241 g/mol. The van der Waals surface area contributed by atoms with Crippen molar-refractivity contribution in [1.82, 2.24) is 5.32 Å². The van der Waals surface area contributed by atoms with Crippen LogP contribution in [0.3, 0.4) is 0 Å². The van der Waals surface area contributed by atoms with Gasteiger partial charge >= 0.3 is 0 Å². The second kappa shape index (κ2) is 5.85. The Morgan fingerprint density at radius 3 is 3.06 bits per heavy atom. The van der Waals surface area contributed by atoms with Crippen LogP contribution in [-0.2, 0) is 0 Å². The number of anilines is 1. The fraction of sp³-hybridized carbons (Fsp3) is 0.333. The second-order valence-corrected chi connectivity index (χ2v) is 2.93. The number of nitrogens with zero attached hydrogens (tertiary/aromatic N) is 2. The molecule has 1 aromatic rings. The molecule has 1 rings (SSSR count). The van der Waals surface area contributed by atoms with Gasteiger partial charge in [-0.05, 0) is 24.6 Å². The van der Waals surface area contributed by atoms with Crippen LogP contribution in [0.25, 0.3) is 0 Å². The molecule has 0 spiro atoms. The normalized spacial score (nSPS) is 16.6. The number of benzene rings is 1. The van der Waals surface area contributed by atoms with E-state index in [1.54, 1.807) is 0 Å². The fourth-order valence-electron chi connectivity index (χ4n) is 1.17. The molecule has 0 aliphatic carbocycles. The maximum absolute atomic E-state index is 13.9. The van der Waals surface area contributed by atoms with Gasteiger partial charge in [0.1, 0.15) is 5.82 Å². The lowest BCUT2D eigenvalue weighted by molar-refractivity contribution is 0.0959. The minimum atomic E-state index is -3.07. The van der Waals surface area contributed by atoms with Crippen molar-refractivity contribution >= 4 is 11.6 Å². The van der Waals surface area contributed by atoms with Gasteiger partial charge in [-0.1, -0.05) is 6.88 Å². The number of hydrogen-bond donors (Lipinski definition) is 1. The van der Waals surface area contributed by atoms with Gasteiger partial charge in [-0.2, -0.15) is 5.26 Å². The van der Waals surface area contributed by atoms with Crippen LogP contribution in [0.5, 0.6) is 0 Å². The molecule has 5 heteroatoms. The number of amides is 1. The van der Waals surface area contributed by atoms with Crippen molar-refractivity contribution in [3.63, 3.8) is 0 Å². The van der Waals surface area contributed by atoms with E-state index in [-0.39, 0.29) is 16.2 Å². The largest absolute Gasteiger partial charge is 0.355 e. The summed E-state index contributed by atoms with van der Waals surface area (Å²) in [6.45, 7) is -5.29. The summed E-state index contributed by atoms with van der Waals surface area (Å²) in [5, 5.41) is 11.3. The van der Waals surface area contributed by atoms with E-state index in [2.05, 4.69) is 5.32 Å². The minimum Gasteiger partial charge on any atom is -0.355 e. The number of nitriles is 1. The first-order chi connectivity index (χ1) is 10.5. The molecule has 0 atom stereocenters. The lowest BCUT2D eigenvalue weighted by Gasteiger charge is -2.15. The number of hydrogen-bond acceptors (Lipinski definition) is 3. The molecule has 0 aliphatic rings. The Kier molecular flexibility index (Phi) is 2.27. The van der Waals surface area contributed by atoms with Crippen LogP contribution in [-0.4, -0.2) is 19.5 Å². The number of halogens is 1. The van der Waals surface area contributed by atoms with Crippen molar-refractivity contribution in [2.45, 2.75) is 13.2 Å². The first-order valence-corrected chi connectivity index (χ1v) is 4.56. The molecule has 0 saturated carbocycles. The highest BCUT2D eigenvalue weighted by molar-refractivity contribution is 5.94. The van der Waals surface area contributed by atoms with Crippen molar-refractivity contribution in [2.24, 2.45) is 0 Å². The Labute approximate surface area is 108 Å². The zero-order chi connectivity index (χ0) is 18.0. The molecule has 1 N–H and O–H groups in total. The van der Waals surface area contributed by atoms with Gasteiger partial charge in [0.25, 0.3) is 5.91 Å². The van der Waals surface area contributed by atoms with Gasteiger partial charge in [0.15, 0.2) is 6.19 Å². The lowest BCUT2D eigenvalue weighted by Crippen LogP contribution is -2.21. The summed E-state index contributed by atoms with van der Waals surface area (Å²) in [4.78, 5) is 11.7. The second-order valence-electron chi connectivity index (χ2n) is 2.93. The zero-order valence-electron chi connectivity index (χ0n) is 15.0. The average Bonchev–Trinajstić information content (AvgIpc) is 2.46. The summed E-state index contributed by atoms with van der Waals surface area (Å²) < 4.78 is 58.7. The summed E-state index contributed by atoms with van der Waals surface area (Å²) >= 11 is 0. The first kappa shape index (κ1) is 6.60. The molecule has 0 radical (unpaired) electrons. The highest BCUT2D eigenvalue weighted by Crippen LogP contribution is 2.18. The van der Waals surface area contributed by atoms with Crippen molar-refractivity contribution in [3.05, 3.63) is 29.6 Å². The highest BCUT2D eigenvalue weighted by Gasteiger charge is 2.12. The molecule has 1 amide bonds. The molecule has 0 bridgehead atoms. The van der Waals surface area contributed by atoms with Crippen molar-refractivity contribution in [2.75, 3.05) is 18.4 Å².